The first-order valence-electron chi connectivity index (χ1n) is 14.3. The Morgan fingerprint density at radius 3 is 2.58 bits per heavy atom. The van der Waals surface area contributed by atoms with Gasteiger partial charge in [0.15, 0.2) is 0 Å². The fraction of sp³-hybridized carbons (Fsp3) is 0.303. The number of alkyl halides is 3. The number of halogens is 4. The molecule has 0 saturated heterocycles. The molecule has 1 saturated carbocycles. The predicted octanol–water partition coefficient (Wildman–Crippen LogP) is 6.65. The van der Waals surface area contributed by atoms with Crippen molar-refractivity contribution in [2.75, 3.05) is 17.2 Å². The Hall–Kier alpha value is -5.07. The molecule has 0 bridgehead atoms. The molecule has 1 fully saturated rings. The molecular formula is C33H30F4N8. The Bertz CT molecular complexity index is 1930. The predicted molar refractivity (Wildman–Crippen MR) is 165 cm³/mol. The highest BCUT2D eigenvalue weighted by atomic mass is 19.4. The first kappa shape index (κ1) is 30.0. The number of fused-ring (bicyclic) bond motifs is 2. The number of terminal acetylenes is 1. The number of aromatic nitrogens is 2. The van der Waals surface area contributed by atoms with Crippen LogP contribution >= 0.6 is 0 Å². The lowest BCUT2D eigenvalue weighted by molar-refractivity contribution is -0.206. The van der Waals surface area contributed by atoms with E-state index in [0.29, 0.717) is 22.0 Å². The van der Waals surface area contributed by atoms with Crippen LogP contribution in [-0.2, 0) is 0 Å². The minimum atomic E-state index is -4.47. The van der Waals surface area contributed by atoms with Crippen molar-refractivity contribution >= 4 is 33.2 Å². The fourth-order valence-electron chi connectivity index (χ4n) is 5.27. The summed E-state index contributed by atoms with van der Waals surface area (Å²) in [5.74, 6) is 2.03. The number of anilines is 2. The van der Waals surface area contributed by atoms with Gasteiger partial charge in [0.2, 0.25) is 0 Å². The van der Waals surface area contributed by atoms with E-state index in [2.05, 4.69) is 50.5 Å². The summed E-state index contributed by atoms with van der Waals surface area (Å²) in [5, 5.41) is 19.4. The van der Waals surface area contributed by atoms with Crippen LogP contribution in [0, 0.1) is 34.9 Å². The lowest BCUT2D eigenvalue weighted by Crippen LogP contribution is -2.43. The molecule has 0 spiro atoms. The molecule has 1 aliphatic heterocycles. The van der Waals surface area contributed by atoms with Crippen molar-refractivity contribution < 1.29 is 17.6 Å². The highest BCUT2D eigenvalue weighted by Gasteiger charge is 2.47. The Morgan fingerprint density at radius 1 is 1.11 bits per heavy atom. The van der Waals surface area contributed by atoms with E-state index < -0.39 is 30.0 Å². The largest absolute Gasteiger partial charge is 0.395 e. The van der Waals surface area contributed by atoms with Gasteiger partial charge in [-0.15, -0.1) is 12.0 Å². The van der Waals surface area contributed by atoms with E-state index >= 15 is 0 Å². The summed E-state index contributed by atoms with van der Waals surface area (Å²) in [6.45, 7) is 3.87. The second-order valence-electron chi connectivity index (χ2n) is 12.3. The molecule has 230 valence electrons. The molecule has 4 N–H and O–H groups in total. The van der Waals surface area contributed by atoms with Crippen molar-refractivity contribution in [3.8, 4) is 18.4 Å². The number of pyridine rings is 2. The van der Waals surface area contributed by atoms with Gasteiger partial charge in [-0.2, -0.15) is 18.4 Å². The average molecular weight is 615 g/mol. The van der Waals surface area contributed by atoms with Crippen LogP contribution in [-0.4, -0.2) is 33.2 Å². The van der Waals surface area contributed by atoms with Crippen LogP contribution in [0.2, 0.25) is 0 Å². The number of hydrogen-bond acceptors (Lipinski definition) is 8. The lowest BCUT2D eigenvalue weighted by atomic mass is 9.92. The number of nitriles is 1. The van der Waals surface area contributed by atoms with Crippen molar-refractivity contribution in [2.24, 2.45) is 5.41 Å². The summed E-state index contributed by atoms with van der Waals surface area (Å²) < 4.78 is 56.0. The molecule has 2 aliphatic rings. The first-order chi connectivity index (χ1) is 21.3. The Balaban J connectivity index is 1.48. The summed E-state index contributed by atoms with van der Waals surface area (Å²) in [7, 11) is 0. The number of rotatable bonds is 8. The van der Waals surface area contributed by atoms with Crippen molar-refractivity contribution in [1.29, 1.82) is 5.26 Å². The smallest absolute Gasteiger partial charge is 0.383 e. The second kappa shape index (κ2) is 10.8. The molecule has 1 atom stereocenters. The van der Waals surface area contributed by atoms with Gasteiger partial charge in [-0.3, -0.25) is 15.0 Å². The zero-order valence-electron chi connectivity index (χ0n) is 24.8. The monoisotopic (exact) mass is 614 g/mol. The molecule has 0 radical (unpaired) electrons. The highest BCUT2D eigenvalue weighted by molar-refractivity contribution is 5.99. The molecule has 3 heterocycles. The van der Waals surface area contributed by atoms with E-state index in [1.165, 1.54) is 18.5 Å². The second-order valence-corrected chi connectivity index (χ2v) is 12.3. The van der Waals surface area contributed by atoms with Gasteiger partial charge in [0.1, 0.15) is 17.4 Å². The maximum atomic E-state index is 14.8. The van der Waals surface area contributed by atoms with Crippen LogP contribution in [0.4, 0.5) is 28.9 Å². The van der Waals surface area contributed by atoms with Crippen LogP contribution in [0.5, 0.6) is 0 Å². The van der Waals surface area contributed by atoms with Gasteiger partial charge in [-0.05, 0) is 63.4 Å². The highest BCUT2D eigenvalue weighted by Crippen LogP contribution is 2.43. The van der Waals surface area contributed by atoms with Gasteiger partial charge in [-0.25, -0.2) is 4.39 Å². The molecular weight excluding hydrogens is 584 g/mol. The third-order valence-electron chi connectivity index (χ3n) is 8.55. The molecule has 12 heteroatoms. The van der Waals surface area contributed by atoms with Gasteiger partial charge in [0.25, 0.3) is 0 Å². The van der Waals surface area contributed by atoms with Gasteiger partial charge in [0, 0.05) is 41.6 Å². The Kier molecular flexibility index (Phi) is 7.21. The summed E-state index contributed by atoms with van der Waals surface area (Å²) in [4.78, 5) is 8.63. The molecule has 8 nitrogen and oxygen atoms in total. The van der Waals surface area contributed by atoms with E-state index in [4.69, 9.17) is 6.42 Å². The van der Waals surface area contributed by atoms with Gasteiger partial charge < -0.3 is 16.1 Å². The molecule has 6 rings (SSSR count). The molecule has 2 aromatic heterocycles. The third kappa shape index (κ3) is 5.42. The van der Waals surface area contributed by atoms with E-state index in [-0.39, 0.29) is 33.4 Å². The van der Waals surface area contributed by atoms with Crippen molar-refractivity contribution in [3.05, 3.63) is 83.2 Å². The van der Waals surface area contributed by atoms with E-state index in [9.17, 15) is 22.8 Å². The fourth-order valence-corrected chi connectivity index (χ4v) is 5.27. The van der Waals surface area contributed by atoms with Crippen molar-refractivity contribution in [1.82, 2.24) is 25.9 Å². The van der Waals surface area contributed by atoms with E-state index in [1.54, 1.807) is 30.3 Å². The van der Waals surface area contributed by atoms with Crippen LogP contribution < -0.4 is 21.6 Å². The molecule has 1 aliphatic carbocycles. The van der Waals surface area contributed by atoms with Crippen molar-refractivity contribution in [3.63, 3.8) is 0 Å². The Labute approximate surface area is 257 Å². The van der Waals surface area contributed by atoms with E-state index in [0.717, 1.165) is 32.4 Å². The zero-order chi connectivity index (χ0) is 32.1. The molecule has 4 aromatic rings. The van der Waals surface area contributed by atoms with Crippen LogP contribution in [0.25, 0.3) is 21.8 Å². The Morgan fingerprint density at radius 2 is 1.89 bits per heavy atom. The van der Waals surface area contributed by atoms with E-state index in [1.807, 2.05) is 11.2 Å². The van der Waals surface area contributed by atoms with Gasteiger partial charge >= 0.3 is 6.18 Å². The summed E-state index contributed by atoms with van der Waals surface area (Å²) in [6, 6.07) is 11.4. The quantitative estimate of drug-likeness (QED) is 0.129. The standard InChI is InChI=1S/C33H30F4N8/c1-5-19-16-40-28-20(15-38)13-21(14-24(28)27(19)41-18-31(2,3)33(35,36)37)42-30(26-17-45(44-43-26)32(4)10-11-32)23-8-9-25(34)29-22(23)7-6-12-39-29/h1,6-9,12-14,16-17,30,42-44H,10-11,18H2,2-4H3,(H,40,41)/t30-/m0/s1. The average Bonchev–Trinajstić information content (AvgIpc) is 3.56. The first-order valence-corrected chi connectivity index (χ1v) is 14.3. The minimum Gasteiger partial charge on any atom is -0.383 e. The maximum Gasteiger partial charge on any atom is 0.395 e. The molecule has 0 unspecified atom stereocenters. The number of hydrazine groups is 2. The van der Waals surface area contributed by atoms with Crippen LogP contribution in [0.3, 0.4) is 0 Å². The normalized spacial score (nSPS) is 16.5. The molecule has 0 amide bonds. The number of benzene rings is 2. The number of nitrogens with zero attached hydrogens (tertiary/aromatic N) is 4. The number of nitrogens with one attached hydrogen (secondary N) is 4. The third-order valence-corrected chi connectivity index (χ3v) is 8.55. The summed E-state index contributed by atoms with van der Waals surface area (Å²) >= 11 is 0. The topological polar surface area (TPSA) is 101 Å². The van der Waals surface area contributed by atoms with Crippen LogP contribution in [0.1, 0.15) is 56.3 Å². The lowest BCUT2D eigenvalue weighted by Gasteiger charge is -2.29. The molecule has 45 heavy (non-hydrogen) atoms. The summed E-state index contributed by atoms with van der Waals surface area (Å²) in [6.07, 6.45) is 8.13. The van der Waals surface area contributed by atoms with Gasteiger partial charge in [-0.1, -0.05) is 18.1 Å². The minimum absolute atomic E-state index is 0.0509. The van der Waals surface area contributed by atoms with Crippen LogP contribution in [0.15, 0.2) is 60.7 Å². The maximum absolute atomic E-state index is 14.8. The SMILES string of the molecule is C#Cc1cnc2c(C#N)cc(N[C@H](C3=CN(C4(C)CC4)NN3)c3ccc(F)c4ncccc34)cc2c1NCC(C)(C)C(F)(F)F. The van der Waals surface area contributed by atoms with Crippen molar-refractivity contribution in [2.45, 2.75) is 51.4 Å². The summed E-state index contributed by atoms with van der Waals surface area (Å²) in [5.41, 5.74) is 7.43. The number of hydrogen-bond donors (Lipinski definition) is 4. The van der Waals surface area contributed by atoms with Gasteiger partial charge in [0.05, 0.1) is 45.0 Å². The molecule has 2 aromatic carbocycles. The zero-order valence-corrected chi connectivity index (χ0v) is 24.8.